The van der Waals surface area contributed by atoms with Crippen LogP contribution in [0.15, 0.2) is 24.3 Å². The lowest BCUT2D eigenvalue weighted by Crippen LogP contribution is -2.47. The topological polar surface area (TPSA) is 44.4 Å². The standard InChI is InChI=1S/C19H28F3N3O/c1-12(2)24-18(26)17-9-16(11-25(17)13(3)4)23-10-14-5-7-15(8-6-14)19(20,21)22/h5-8,12-13,16-17,23H,9-11H2,1-4H3,(H,24,26)/t16-,17+/m1/s1. The summed E-state index contributed by atoms with van der Waals surface area (Å²) in [6, 6.07) is 5.48. The smallest absolute Gasteiger partial charge is 0.353 e. The maximum absolute atomic E-state index is 12.6. The molecule has 4 nitrogen and oxygen atoms in total. The van der Waals surface area contributed by atoms with E-state index in [0.717, 1.165) is 24.2 Å². The van der Waals surface area contributed by atoms with E-state index in [4.69, 9.17) is 0 Å². The van der Waals surface area contributed by atoms with Crippen LogP contribution in [0.3, 0.4) is 0 Å². The number of rotatable bonds is 6. The Hall–Kier alpha value is -1.60. The Bertz CT molecular complexity index is 599. The van der Waals surface area contributed by atoms with Crippen molar-refractivity contribution in [1.82, 2.24) is 15.5 Å². The molecule has 0 spiro atoms. The van der Waals surface area contributed by atoms with Crippen LogP contribution in [0.4, 0.5) is 13.2 Å². The van der Waals surface area contributed by atoms with E-state index >= 15 is 0 Å². The van der Waals surface area contributed by atoms with Crippen molar-refractivity contribution < 1.29 is 18.0 Å². The monoisotopic (exact) mass is 371 g/mol. The van der Waals surface area contributed by atoms with Crippen molar-refractivity contribution in [3.8, 4) is 0 Å². The summed E-state index contributed by atoms with van der Waals surface area (Å²) in [7, 11) is 0. The molecule has 1 aliphatic rings. The average molecular weight is 371 g/mol. The van der Waals surface area contributed by atoms with Crippen molar-refractivity contribution in [3.05, 3.63) is 35.4 Å². The van der Waals surface area contributed by atoms with E-state index in [9.17, 15) is 18.0 Å². The molecule has 26 heavy (non-hydrogen) atoms. The van der Waals surface area contributed by atoms with Gasteiger partial charge in [0.1, 0.15) is 0 Å². The fraction of sp³-hybridized carbons (Fsp3) is 0.632. The van der Waals surface area contributed by atoms with Crippen molar-refractivity contribution >= 4 is 5.91 Å². The number of hydrogen-bond donors (Lipinski definition) is 2. The lowest BCUT2D eigenvalue weighted by atomic mass is 10.1. The number of alkyl halides is 3. The molecule has 1 aromatic carbocycles. The first kappa shape index (κ1) is 20.7. The minimum Gasteiger partial charge on any atom is -0.353 e. The Morgan fingerprint density at radius 2 is 1.81 bits per heavy atom. The summed E-state index contributed by atoms with van der Waals surface area (Å²) >= 11 is 0. The number of amides is 1. The zero-order valence-corrected chi connectivity index (χ0v) is 15.7. The highest BCUT2D eigenvalue weighted by molar-refractivity contribution is 5.82. The van der Waals surface area contributed by atoms with Crippen molar-refractivity contribution in [2.24, 2.45) is 0 Å². The molecule has 1 saturated heterocycles. The van der Waals surface area contributed by atoms with Crippen LogP contribution >= 0.6 is 0 Å². The molecule has 0 unspecified atom stereocenters. The summed E-state index contributed by atoms with van der Waals surface area (Å²) in [6.07, 6.45) is -3.62. The Labute approximate surface area is 153 Å². The van der Waals surface area contributed by atoms with Gasteiger partial charge in [-0.25, -0.2) is 0 Å². The number of nitrogens with zero attached hydrogens (tertiary/aromatic N) is 1. The minimum atomic E-state index is -4.31. The molecule has 0 aliphatic carbocycles. The molecule has 1 heterocycles. The van der Waals surface area contributed by atoms with Gasteiger partial charge >= 0.3 is 6.18 Å². The van der Waals surface area contributed by atoms with Gasteiger partial charge in [0.2, 0.25) is 5.91 Å². The van der Waals surface area contributed by atoms with Gasteiger partial charge < -0.3 is 10.6 Å². The quantitative estimate of drug-likeness (QED) is 0.807. The number of nitrogens with one attached hydrogen (secondary N) is 2. The normalized spacial score (nSPS) is 21.6. The van der Waals surface area contributed by atoms with E-state index in [1.165, 1.54) is 12.1 Å². The predicted molar refractivity (Wildman–Crippen MR) is 95.6 cm³/mol. The minimum absolute atomic E-state index is 0.0348. The van der Waals surface area contributed by atoms with E-state index < -0.39 is 11.7 Å². The second-order valence-electron chi connectivity index (χ2n) is 7.48. The van der Waals surface area contributed by atoms with Gasteiger partial charge in [0.15, 0.2) is 0 Å². The van der Waals surface area contributed by atoms with Gasteiger partial charge in [0, 0.05) is 31.2 Å². The number of hydrogen-bond acceptors (Lipinski definition) is 3. The fourth-order valence-electron chi connectivity index (χ4n) is 3.29. The van der Waals surface area contributed by atoms with Crippen molar-refractivity contribution in [2.75, 3.05) is 6.54 Å². The molecule has 7 heteroatoms. The van der Waals surface area contributed by atoms with Gasteiger partial charge in [0.05, 0.1) is 11.6 Å². The van der Waals surface area contributed by atoms with Crippen LogP contribution in [0.5, 0.6) is 0 Å². The SMILES string of the molecule is CC(C)NC(=O)[C@@H]1C[C@@H](NCc2ccc(C(F)(F)F)cc2)CN1C(C)C. The number of halogens is 3. The van der Waals surface area contributed by atoms with Crippen LogP contribution in [0, 0.1) is 0 Å². The maximum atomic E-state index is 12.6. The summed E-state index contributed by atoms with van der Waals surface area (Å²) < 4.78 is 37.9. The fourth-order valence-corrected chi connectivity index (χ4v) is 3.29. The molecular formula is C19H28F3N3O. The molecular weight excluding hydrogens is 343 g/mol. The summed E-state index contributed by atoms with van der Waals surface area (Å²) in [6.45, 7) is 9.23. The molecule has 0 bridgehead atoms. The average Bonchev–Trinajstić information content (AvgIpc) is 2.96. The predicted octanol–water partition coefficient (Wildman–Crippen LogP) is 3.17. The van der Waals surface area contributed by atoms with E-state index in [-0.39, 0.29) is 30.1 Å². The van der Waals surface area contributed by atoms with E-state index in [1.54, 1.807) is 0 Å². The first-order chi connectivity index (χ1) is 12.1. The number of carbonyl (C=O) groups is 1. The molecule has 0 saturated carbocycles. The molecule has 2 N–H and O–H groups in total. The lowest BCUT2D eigenvalue weighted by molar-refractivity contribution is -0.137. The summed E-state index contributed by atoms with van der Waals surface area (Å²) in [4.78, 5) is 14.6. The Kier molecular flexibility index (Phi) is 6.69. The highest BCUT2D eigenvalue weighted by atomic mass is 19.4. The number of benzene rings is 1. The number of likely N-dealkylation sites (tertiary alicyclic amines) is 1. The second kappa shape index (κ2) is 8.39. The molecule has 0 aromatic heterocycles. The Morgan fingerprint density at radius 1 is 1.19 bits per heavy atom. The zero-order valence-electron chi connectivity index (χ0n) is 15.7. The first-order valence-corrected chi connectivity index (χ1v) is 9.03. The largest absolute Gasteiger partial charge is 0.416 e. The van der Waals surface area contributed by atoms with Gasteiger partial charge in [-0.15, -0.1) is 0 Å². The second-order valence-corrected chi connectivity index (χ2v) is 7.48. The lowest BCUT2D eigenvalue weighted by Gasteiger charge is -2.27. The Balaban J connectivity index is 1.94. The third kappa shape index (κ3) is 5.45. The van der Waals surface area contributed by atoms with Crippen LogP contribution < -0.4 is 10.6 Å². The van der Waals surface area contributed by atoms with Crippen LogP contribution in [0.2, 0.25) is 0 Å². The third-order valence-corrected chi connectivity index (χ3v) is 4.61. The molecule has 1 fully saturated rings. The molecule has 2 atom stereocenters. The van der Waals surface area contributed by atoms with Crippen molar-refractivity contribution in [1.29, 1.82) is 0 Å². The highest BCUT2D eigenvalue weighted by Gasteiger charge is 2.38. The molecule has 1 aliphatic heterocycles. The van der Waals surface area contributed by atoms with Crippen LogP contribution in [0.1, 0.15) is 45.2 Å². The molecule has 0 radical (unpaired) electrons. The van der Waals surface area contributed by atoms with Crippen LogP contribution in [-0.4, -0.2) is 41.5 Å². The van der Waals surface area contributed by atoms with Gasteiger partial charge in [-0.2, -0.15) is 13.2 Å². The highest BCUT2D eigenvalue weighted by Crippen LogP contribution is 2.29. The van der Waals surface area contributed by atoms with E-state index in [1.807, 2.05) is 13.8 Å². The van der Waals surface area contributed by atoms with Crippen molar-refractivity contribution in [2.45, 2.75) is 71.0 Å². The summed E-state index contributed by atoms with van der Waals surface area (Å²) in [5.41, 5.74) is 0.155. The van der Waals surface area contributed by atoms with Crippen LogP contribution in [0.25, 0.3) is 0 Å². The van der Waals surface area contributed by atoms with Crippen LogP contribution in [-0.2, 0) is 17.5 Å². The molecule has 146 valence electrons. The summed E-state index contributed by atoms with van der Waals surface area (Å²) in [5.74, 6) is 0.0348. The van der Waals surface area contributed by atoms with Gasteiger partial charge in [-0.1, -0.05) is 12.1 Å². The van der Waals surface area contributed by atoms with Gasteiger partial charge in [-0.3, -0.25) is 9.69 Å². The van der Waals surface area contributed by atoms with E-state index in [2.05, 4.69) is 29.4 Å². The number of carbonyl (C=O) groups excluding carboxylic acids is 1. The zero-order chi connectivity index (χ0) is 19.5. The van der Waals surface area contributed by atoms with Crippen molar-refractivity contribution in [3.63, 3.8) is 0 Å². The molecule has 1 aromatic rings. The van der Waals surface area contributed by atoms with E-state index in [0.29, 0.717) is 13.0 Å². The first-order valence-electron chi connectivity index (χ1n) is 9.03. The molecule has 1 amide bonds. The molecule has 2 rings (SSSR count). The van der Waals surface area contributed by atoms with Gasteiger partial charge in [-0.05, 0) is 51.8 Å². The maximum Gasteiger partial charge on any atom is 0.416 e. The third-order valence-electron chi connectivity index (χ3n) is 4.61. The Morgan fingerprint density at radius 3 is 2.31 bits per heavy atom. The summed E-state index contributed by atoms with van der Waals surface area (Å²) in [5, 5.41) is 6.35. The van der Waals surface area contributed by atoms with Gasteiger partial charge in [0.25, 0.3) is 0 Å².